The zero-order valence-electron chi connectivity index (χ0n) is 16.9. The second-order valence-corrected chi connectivity index (χ2v) is 8.13. The molecule has 0 N–H and O–H groups in total. The molecular formula is C23H25N3O3. The van der Waals surface area contributed by atoms with Crippen LogP contribution < -0.4 is 9.47 Å². The number of hydrogen-bond acceptors (Lipinski definition) is 4. The van der Waals surface area contributed by atoms with Gasteiger partial charge in [-0.05, 0) is 74.1 Å². The Labute approximate surface area is 170 Å². The van der Waals surface area contributed by atoms with Crippen LogP contribution in [0.1, 0.15) is 34.3 Å². The second-order valence-electron chi connectivity index (χ2n) is 8.13. The number of aromatic nitrogens is 2. The van der Waals surface area contributed by atoms with Crippen LogP contribution in [0.15, 0.2) is 36.7 Å². The highest BCUT2D eigenvalue weighted by atomic mass is 16.7. The van der Waals surface area contributed by atoms with Crippen molar-refractivity contribution in [2.24, 2.45) is 5.92 Å². The van der Waals surface area contributed by atoms with Crippen LogP contribution in [0.2, 0.25) is 0 Å². The van der Waals surface area contributed by atoms with Gasteiger partial charge in [0, 0.05) is 25.2 Å². The van der Waals surface area contributed by atoms with Gasteiger partial charge in [-0.25, -0.2) is 4.98 Å². The molecule has 150 valence electrons. The fourth-order valence-corrected chi connectivity index (χ4v) is 4.27. The van der Waals surface area contributed by atoms with E-state index < -0.39 is 0 Å². The van der Waals surface area contributed by atoms with Crippen LogP contribution in [-0.4, -0.2) is 40.2 Å². The van der Waals surface area contributed by atoms with Gasteiger partial charge in [-0.2, -0.15) is 0 Å². The van der Waals surface area contributed by atoms with Crippen molar-refractivity contribution in [3.63, 3.8) is 0 Å². The van der Waals surface area contributed by atoms with Crippen LogP contribution in [0, 0.1) is 19.8 Å². The number of carbonyl (C=O) groups is 1. The number of fused-ring (bicyclic) bond motifs is 2. The lowest BCUT2D eigenvalue weighted by Gasteiger charge is -2.32. The molecule has 0 bridgehead atoms. The highest BCUT2D eigenvalue weighted by molar-refractivity contribution is 5.95. The number of aryl methyl sites for hydroxylation is 2. The maximum absolute atomic E-state index is 12.9. The summed E-state index contributed by atoms with van der Waals surface area (Å²) in [4.78, 5) is 19.4. The molecule has 0 saturated carbocycles. The van der Waals surface area contributed by atoms with E-state index >= 15 is 0 Å². The van der Waals surface area contributed by atoms with Gasteiger partial charge < -0.3 is 18.9 Å². The van der Waals surface area contributed by atoms with Crippen LogP contribution in [0.4, 0.5) is 0 Å². The Bertz CT molecular complexity index is 1080. The number of carbonyl (C=O) groups excluding carboxylic acids is 1. The number of hydrogen-bond donors (Lipinski definition) is 0. The van der Waals surface area contributed by atoms with Crippen molar-refractivity contribution in [1.82, 2.24) is 14.5 Å². The second kappa shape index (κ2) is 7.10. The van der Waals surface area contributed by atoms with E-state index in [1.165, 1.54) is 16.6 Å². The average Bonchev–Trinajstić information content (AvgIpc) is 3.35. The summed E-state index contributed by atoms with van der Waals surface area (Å²) in [6.45, 7) is 7.00. The summed E-state index contributed by atoms with van der Waals surface area (Å²) in [5.74, 6) is 1.98. The molecule has 1 amide bonds. The summed E-state index contributed by atoms with van der Waals surface area (Å²) in [7, 11) is 0. The Kier molecular flexibility index (Phi) is 4.42. The van der Waals surface area contributed by atoms with Gasteiger partial charge in [-0.15, -0.1) is 0 Å². The van der Waals surface area contributed by atoms with Crippen molar-refractivity contribution in [3.8, 4) is 11.5 Å². The van der Waals surface area contributed by atoms with Crippen LogP contribution in [0.3, 0.4) is 0 Å². The van der Waals surface area contributed by atoms with Gasteiger partial charge in [0.15, 0.2) is 11.5 Å². The van der Waals surface area contributed by atoms with E-state index in [9.17, 15) is 4.79 Å². The molecule has 0 unspecified atom stereocenters. The fourth-order valence-electron chi connectivity index (χ4n) is 4.27. The highest BCUT2D eigenvalue weighted by Gasteiger charge is 2.25. The quantitative estimate of drug-likeness (QED) is 0.679. The van der Waals surface area contributed by atoms with Crippen LogP contribution in [0.25, 0.3) is 11.0 Å². The summed E-state index contributed by atoms with van der Waals surface area (Å²) in [6.07, 6.45) is 3.95. The molecule has 6 nitrogen and oxygen atoms in total. The zero-order valence-corrected chi connectivity index (χ0v) is 16.9. The van der Waals surface area contributed by atoms with E-state index in [-0.39, 0.29) is 12.7 Å². The fraction of sp³-hybridized carbons (Fsp3) is 0.391. The molecule has 5 rings (SSSR count). The predicted octanol–water partition coefficient (Wildman–Crippen LogP) is 3.93. The molecule has 1 fully saturated rings. The van der Waals surface area contributed by atoms with Gasteiger partial charge in [-0.1, -0.05) is 0 Å². The van der Waals surface area contributed by atoms with Crippen molar-refractivity contribution in [2.45, 2.75) is 33.2 Å². The monoisotopic (exact) mass is 391 g/mol. The third kappa shape index (κ3) is 3.33. The standard InChI is InChI=1S/C23H25N3O3/c1-15-9-19-20(10-16(15)2)26(13-24-19)12-17-5-7-25(8-6-17)23(27)18-3-4-21-22(11-18)29-14-28-21/h3-4,9-11,13,17H,5-8,12,14H2,1-2H3. The van der Waals surface area contributed by atoms with E-state index in [1.54, 1.807) is 6.07 Å². The third-order valence-electron chi connectivity index (χ3n) is 6.21. The molecule has 3 aromatic rings. The Morgan fingerprint density at radius 1 is 1.07 bits per heavy atom. The molecule has 1 saturated heterocycles. The van der Waals surface area contributed by atoms with E-state index in [0.717, 1.165) is 38.0 Å². The summed E-state index contributed by atoms with van der Waals surface area (Å²) in [6, 6.07) is 9.82. The maximum atomic E-state index is 12.9. The lowest BCUT2D eigenvalue weighted by Crippen LogP contribution is -2.39. The lowest BCUT2D eigenvalue weighted by molar-refractivity contribution is 0.0683. The van der Waals surface area contributed by atoms with Crippen molar-refractivity contribution in [1.29, 1.82) is 0 Å². The number of benzene rings is 2. The number of likely N-dealkylation sites (tertiary alicyclic amines) is 1. The van der Waals surface area contributed by atoms with Crippen molar-refractivity contribution >= 4 is 16.9 Å². The molecule has 0 spiro atoms. The largest absolute Gasteiger partial charge is 0.454 e. The molecule has 3 heterocycles. The van der Waals surface area contributed by atoms with E-state index in [0.29, 0.717) is 23.0 Å². The van der Waals surface area contributed by atoms with Gasteiger partial charge in [0.1, 0.15) is 0 Å². The van der Waals surface area contributed by atoms with Gasteiger partial charge in [0.05, 0.1) is 17.4 Å². The first-order chi connectivity index (χ1) is 14.1. The Balaban J connectivity index is 1.24. The molecule has 2 aromatic carbocycles. The Hall–Kier alpha value is -3.02. The van der Waals surface area contributed by atoms with Crippen molar-refractivity contribution in [2.75, 3.05) is 19.9 Å². The smallest absolute Gasteiger partial charge is 0.253 e. The molecular weight excluding hydrogens is 366 g/mol. The first-order valence-electron chi connectivity index (χ1n) is 10.2. The minimum absolute atomic E-state index is 0.0703. The summed E-state index contributed by atoms with van der Waals surface area (Å²) in [5, 5.41) is 0. The topological polar surface area (TPSA) is 56.6 Å². The number of imidazole rings is 1. The van der Waals surface area contributed by atoms with Crippen LogP contribution in [-0.2, 0) is 6.54 Å². The van der Waals surface area contributed by atoms with Crippen LogP contribution >= 0.6 is 0 Å². The summed E-state index contributed by atoms with van der Waals surface area (Å²) in [5.41, 5.74) is 5.50. The molecule has 29 heavy (non-hydrogen) atoms. The molecule has 0 atom stereocenters. The van der Waals surface area contributed by atoms with E-state index in [4.69, 9.17) is 9.47 Å². The molecule has 2 aliphatic heterocycles. The Morgan fingerprint density at radius 2 is 1.83 bits per heavy atom. The van der Waals surface area contributed by atoms with Gasteiger partial charge in [-0.3, -0.25) is 4.79 Å². The van der Waals surface area contributed by atoms with Gasteiger partial charge in [0.25, 0.3) is 5.91 Å². The molecule has 0 aliphatic carbocycles. The van der Waals surface area contributed by atoms with Crippen molar-refractivity contribution < 1.29 is 14.3 Å². The molecule has 0 radical (unpaired) electrons. The minimum atomic E-state index is 0.0703. The molecule has 2 aliphatic rings. The van der Waals surface area contributed by atoms with Crippen LogP contribution in [0.5, 0.6) is 11.5 Å². The first-order valence-corrected chi connectivity index (χ1v) is 10.2. The third-order valence-corrected chi connectivity index (χ3v) is 6.21. The Morgan fingerprint density at radius 3 is 2.66 bits per heavy atom. The normalized spacial score (nSPS) is 16.6. The predicted molar refractivity (Wildman–Crippen MR) is 110 cm³/mol. The summed E-state index contributed by atoms with van der Waals surface area (Å²) >= 11 is 0. The number of rotatable bonds is 3. The highest BCUT2D eigenvalue weighted by Crippen LogP contribution is 2.33. The summed E-state index contributed by atoms with van der Waals surface area (Å²) < 4.78 is 13.0. The zero-order chi connectivity index (χ0) is 20.0. The lowest BCUT2D eigenvalue weighted by atomic mass is 9.96. The number of nitrogens with zero attached hydrogens (tertiary/aromatic N) is 3. The molecule has 1 aromatic heterocycles. The SMILES string of the molecule is Cc1cc2ncn(CC3CCN(C(=O)c4ccc5c(c4)OCO5)CC3)c2cc1C. The maximum Gasteiger partial charge on any atom is 0.253 e. The average molecular weight is 391 g/mol. The minimum Gasteiger partial charge on any atom is -0.454 e. The van der Waals surface area contributed by atoms with E-state index in [2.05, 4.69) is 35.5 Å². The van der Waals surface area contributed by atoms with Gasteiger partial charge >= 0.3 is 0 Å². The van der Waals surface area contributed by atoms with Gasteiger partial charge in [0.2, 0.25) is 6.79 Å². The number of ether oxygens (including phenoxy) is 2. The number of amides is 1. The van der Waals surface area contributed by atoms with E-state index in [1.807, 2.05) is 23.4 Å². The molecule has 6 heteroatoms. The number of piperidine rings is 1. The van der Waals surface area contributed by atoms with Crippen molar-refractivity contribution in [3.05, 3.63) is 53.3 Å². The first kappa shape index (κ1) is 18.0.